The summed E-state index contributed by atoms with van der Waals surface area (Å²) in [5.74, 6) is -0.225. The Labute approximate surface area is 152 Å². The van der Waals surface area contributed by atoms with Crippen LogP contribution in [-0.4, -0.2) is 37.1 Å². The van der Waals surface area contributed by atoms with Gasteiger partial charge in [0, 0.05) is 18.0 Å². The summed E-state index contributed by atoms with van der Waals surface area (Å²) >= 11 is 1.73. The number of thiophene rings is 1. The lowest BCUT2D eigenvalue weighted by Crippen LogP contribution is -2.42. The van der Waals surface area contributed by atoms with Crippen LogP contribution >= 0.6 is 11.3 Å². The van der Waals surface area contributed by atoms with Crippen LogP contribution in [0, 0.1) is 5.82 Å². The molecule has 3 rings (SSSR count). The average Bonchev–Trinajstić information content (AvgIpc) is 3.31. The number of rotatable bonds is 7. The maximum atomic E-state index is 13.6. The monoisotopic (exact) mass is 361 g/mol. The van der Waals surface area contributed by atoms with Crippen LogP contribution in [0.15, 0.2) is 41.8 Å². The van der Waals surface area contributed by atoms with Crippen LogP contribution in [0.1, 0.15) is 29.3 Å². The summed E-state index contributed by atoms with van der Waals surface area (Å²) in [5.41, 5.74) is 0.622. The van der Waals surface area contributed by atoms with Gasteiger partial charge in [-0.25, -0.2) is 9.18 Å². The zero-order chi connectivity index (χ0) is 17.5. The van der Waals surface area contributed by atoms with E-state index in [9.17, 15) is 9.18 Å². The second kappa shape index (κ2) is 8.97. The molecule has 0 spiro atoms. The Morgan fingerprint density at radius 1 is 1.16 bits per heavy atom. The van der Waals surface area contributed by atoms with Crippen LogP contribution < -0.4 is 10.6 Å². The summed E-state index contributed by atoms with van der Waals surface area (Å²) in [6, 6.07) is 10.9. The van der Waals surface area contributed by atoms with Crippen LogP contribution in [0.4, 0.5) is 9.18 Å². The first kappa shape index (κ1) is 17.9. The average molecular weight is 361 g/mol. The van der Waals surface area contributed by atoms with Gasteiger partial charge in [0.25, 0.3) is 0 Å². The predicted molar refractivity (Wildman–Crippen MR) is 99.4 cm³/mol. The number of halogens is 1. The lowest BCUT2D eigenvalue weighted by molar-refractivity contribution is 0.222. The van der Waals surface area contributed by atoms with Crippen molar-refractivity contribution < 1.29 is 9.18 Å². The lowest BCUT2D eigenvalue weighted by atomic mass is 10.1. The van der Waals surface area contributed by atoms with E-state index in [4.69, 9.17) is 0 Å². The van der Waals surface area contributed by atoms with Crippen LogP contribution in [0.25, 0.3) is 0 Å². The molecule has 2 aromatic rings. The molecule has 4 nitrogen and oxygen atoms in total. The SMILES string of the molecule is O=C(NCCc1ccccc1F)NCC(c1cccs1)N1CCCC1. The van der Waals surface area contributed by atoms with Crippen molar-refractivity contribution in [3.8, 4) is 0 Å². The topological polar surface area (TPSA) is 44.4 Å². The van der Waals surface area contributed by atoms with Crippen molar-refractivity contribution in [1.82, 2.24) is 15.5 Å². The second-order valence-corrected chi connectivity index (χ2v) is 7.23. The van der Waals surface area contributed by atoms with E-state index in [1.165, 1.54) is 23.8 Å². The van der Waals surface area contributed by atoms with Gasteiger partial charge < -0.3 is 10.6 Å². The molecule has 1 aromatic heterocycles. The highest BCUT2D eigenvalue weighted by Gasteiger charge is 2.24. The van der Waals surface area contributed by atoms with Crippen LogP contribution in [0.3, 0.4) is 0 Å². The minimum atomic E-state index is -0.225. The quantitative estimate of drug-likeness (QED) is 0.792. The van der Waals surface area contributed by atoms with Crippen molar-refractivity contribution in [2.45, 2.75) is 25.3 Å². The Kier molecular flexibility index (Phi) is 6.42. The fraction of sp³-hybridized carbons (Fsp3) is 0.421. The third kappa shape index (κ3) is 5.03. The summed E-state index contributed by atoms with van der Waals surface area (Å²) in [5, 5.41) is 7.86. The fourth-order valence-corrected chi connectivity index (χ4v) is 4.07. The smallest absolute Gasteiger partial charge is 0.314 e. The molecular weight excluding hydrogens is 337 g/mol. The molecule has 2 heterocycles. The van der Waals surface area contributed by atoms with E-state index in [2.05, 4.69) is 33.0 Å². The highest BCUT2D eigenvalue weighted by Crippen LogP contribution is 2.27. The minimum Gasteiger partial charge on any atom is -0.338 e. The minimum absolute atomic E-state index is 0.197. The Morgan fingerprint density at radius 2 is 1.96 bits per heavy atom. The summed E-state index contributed by atoms with van der Waals surface area (Å²) in [4.78, 5) is 15.8. The van der Waals surface area contributed by atoms with Gasteiger partial charge in [-0.15, -0.1) is 11.3 Å². The van der Waals surface area contributed by atoms with Crippen molar-refractivity contribution in [1.29, 1.82) is 0 Å². The number of hydrogen-bond donors (Lipinski definition) is 2. The fourth-order valence-electron chi connectivity index (χ4n) is 3.21. The highest BCUT2D eigenvalue weighted by atomic mass is 32.1. The largest absolute Gasteiger partial charge is 0.338 e. The highest BCUT2D eigenvalue weighted by molar-refractivity contribution is 7.10. The van der Waals surface area contributed by atoms with Gasteiger partial charge in [-0.2, -0.15) is 0 Å². The number of carbonyl (C=O) groups is 1. The molecule has 6 heteroatoms. The van der Waals surface area contributed by atoms with Crippen LogP contribution in [0.5, 0.6) is 0 Å². The summed E-state index contributed by atoms with van der Waals surface area (Å²) in [7, 11) is 0. The normalized spacial score (nSPS) is 15.9. The third-order valence-electron chi connectivity index (χ3n) is 4.55. The van der Waals surface area contributed by atoms with E-state index >= 15 is 0 Å². The molecule has 0 aliphatic carbocycles. The summed E-state index contributed by atoms with van der Waals surface area (Å²) in [6.45, 7) is 3.17. The van der Waals surface area contributed by atoms with Gasteiger partial charge in [-0.05, 0) is 55.4 Å². The third-order valence-corrected chi connectivity index (χ3v) is 5.52. The number of carbonyl (C=O) groups excluding carboxylic acids is 1. The molecular formula is C19H24FN3OS. The Morgan fingerprint density at radius 3 is 2.68 bits per heavy atom. The molecule has 1 aliphatic rings. The number of likely N-dealkylation sites (tertiary alicyclic amines) is 1. The van der Waals surface area contributed by atoms with Gasteiger partial charge in [0.1, 0.15) is 5.82 Å². The molecule has 2 N–H and O–H groups in total. The molecule has 2 amide bonds. The summed E-state index contributed by atoms with van der Waals surface area (Å²) in [6.07, 6.45) is 2.92. The van der Waals surface area contributed by atoms with E-state index in [0.717, 1.165) is 13.1 Å². The number of urea groups is 1. The van der Waals surface area contributed by atoms with Crippen molar-refractivity contribution in [2.75, 3.05) is 26.2 Å². The van der Waals surface area contributed by atoms with Crippen molar-refractivity contribution in [3.63, 3.8) is 0 Å². The van der Waals surface area contributed by atoms with Gasteiger partial charge in [0.15, 0.2) is 0 Å². The Bertz CT molecular complexity index is 671. The zero-order valence-corrected chi connectivity index (χ0v) is 15.0. The van der Waals surface area contributed by atoms with Gasteiger partial charge >= 0.3 is 6.03 Å². The lowest BCUT2D eigenvalue weighted by Gasteiger charge is -2.26. The molecule has 0 bridgehead atoms. The molecule has 1 saturated heterocycles. The van der Waals surface area contributed by atoms with E-state index in [0.29, 0.717) is 25.1 Å². The molecule has 0 saturated carbocycles. The molecule has 134 valence electrons. The van der Waals surface area contributed by atoms with E-state index < -0.39 is 0 Å². The first-order valence-corrected chi connectivity index (χ1v) is 9.64. The van der Waals surface area contributed by atoms with Crippen molar-refractivity contribution in [3.05, 3.63) is 58.0 Å². The van der Waals surface area contributed by atoms with E-state index in [1.807, 2.05) is 0 Å². The van der Waals surface area contributed by atoms with Crippen LogP contribution in [0.2, 0.25) is 0 Å². The van der Waals surface area contributed by atoms with E-state index in [1.54, 1.807) is 29.5 Å². The molecule has 0 radical (unpaired) electrons. The maximum absolute atomic E-state index is 13.6. The number of benzene rings is 1. The Hall–Kier alpha value is -1.92. The number of hydrogen-bond acceptors (Lipinski definition) is 3. The van der Waals surface area contributed by atoms with Gasteiger partial charge in [-0.3, -0.25) is 4.90 Å². The molecule has 25 heavy (non-hydrogen) atoms. The first-order chi connectivity index (χ1) is 12.2. The van der Waals surface area contributed by atoms with Gasteiger partial charge in [-0.1, -0.05) is 24.3 Å². The summed E-state index contributed by atoms with van der Waals surface area (Å²) < 4.78 is 13.6. The second-order valence-electron chi connectivity index (χ2n) is 6.25. The molecule has 1 aliphatic heterocycles. The molecule has 1 fully saturated rings. The number of amides is 2. The maximum Gasteiger partial charge on any atom is 0.314 e. The van der Waals surface area contributed by atoms with E-state index in [-0.39, 0.29) is 17.9 Å². The predicted octanol–water partition coefficient (Wildman–Crippen LogP) is 3.57. The van der Waals surface area contributed by atoms with Crippen molar-refractivity contribution in [2.24, 2.45) is 0 Å². The van der Waals surface area contributed by atoms with Crippen molar-refractivity contribution >= 4 is 17.4 Å². The van der Waals surface area contributed by atoms with Gasteiger partial charge in [0.2, 0.25) is 0 Å². The van der Waals surface area contributed by atoms with Crippen LogP contribution in [-0.2, 0) is 6.42 Å². The Balaban J connectivity index is 1.46. The molecule has 1 aromatic carbocycles. The van der Waals surface area contributed by atoms with Gasteiger partial charge in [0.05, 0.1) is 6.04 Å². The zero-order valence-electron chi connectivity index (χ0n) is 14.2. The molecule has 1 atom stereocenters. The number of nitrogens with zero attached hydrogens (tertiary/aromatic N) is 1. The number of nitrogens with one attached hydrogen (secondary N) is 2. The first-order valence-electron chi connectivity index (χ1n) is 8.76. The molecule has 1 unspecified atom stereocenters. The standard InChI is InChI=1S/C19H24FN3OS/c20-16-7-2-1-6-15(16)9-10-21-19(24)22-14-17(18-8-5-13-25-18)23-11-3-4-12-23/h1-2,5-8,13,17H,3-4,9-12,14H2,(H2,21,22,24).